The van der Waals surface area contributed by atoms with Crippen LogP contribution in [0.15, 0.2) is 18.2 Å². The summed E-state index contributed by atoms with van der Waals surface area (Å²) in [6.45, 7) is 3.99. The van der Waals surface area contributed by atoms with Crippen molar-refractivity contribution in [3.05, 3.63) is 29.3 Å². The highest BCUT2D eigenvalue weighted by atomic mass is 16.2. The highest BCUT2D eigenvalue weighted by Crippen LogP contribution is 2.15. The van der Waals surface area contributed by atoms with Gasteiger partial charge in [0.15, 0.2) is 13.1 Å². The number of amides is 4. The van der Waals surface area contributed by atoms with Crippen molar-refractivity contribution in [3.63, 3.8) is 0 Å². The third-order valence-electron chi connectivity index (χ3n) is 2.82. The fraction of sp³-hybridized carbons (Fsp3) is 0.357. The molecule has 0 aliphatic heterocycles. The van der Waals surface area contributed by atoms with Crippen molar-refractivity contribution < 1.29 is 19.7 Å². The van der Waals surface area contributed by atoms with Gasteiger partial charge in [0.25, 0.3) is 11.8 Å². The van der Waals surface area contributed by atoms with Gasteiger partial charge in [0.2, 0.25) is 0 Å². The number of aryl methyl sites for hydroxylation is 2. The number of nitrogens with two attached hydrogens (primary N) is 1. The van der Waals surface area contributed by atoms with Gasteiger partial charge >= 0.3 is 6.03 Å². The Morgan fingerprint density at radius 3 is 2.38 bits per heavy atom. The summed E-state index contributed by atoms with van der Waals surface area (Å²) in [6, 6.07) is 5.02. The van der Waals surface area contributed by atoms with E-state index in [-0.39, 0.29) is 19.0 Å². The lowest BCUT2D eigenvalue weighted by molar-refractivity contribution is -0.632. The molecule has 0 aromatic heterocycles. The Morgan fingerprint density at radius 1 is 1.10 bits per heavy atom. The second-order valence-electron chi connectivity index (χ2n) is 4.69. The Hall–Kier alpha value is -2.41. The van der Waals surface area contributed by atoms with Crippen molar-refractivity contribution in [1.29, 1.82) is 0 Å². The van der Waals surface area contributed by atoms with Gasteiger partial charge in [-0.1, -0.05) is 17.7 Å². The number of quaternary nitrogens is 1. The molecular formula is C14H21N4O3+. The first-order chi connectivity index (χ1) is 9.92. The van der Waals surface area contributed by atoms with E-state index < -0.39 is 11.9 Å². The van der Waals surface area contributed by atoms with Crippen LogP contribution < -0.4 is 21.3 Å². The molecule has 4 amide bonds. The van der Waals surface area contributed by atoms with E-state index in [1.165, 1.54) is 12.4 Å². The monoisotopic (exact) mass is 293 g/mol. The second-order valence-corrected chi connectivity index (χ2v) is 4.69. The third-order valence-corrected chi connectivity index (χ3v) is 2.82. The highest BCUT2D eigenvalue weighted by molar-refractivity contribution is 6.01. The summed E-state index contributed by atoms with van der Waals surface area (Å²) in [6.07, 6.45) is 0. The number of nitrogens with one attached hydrogen (secondary N) is 3. The van der Waals surface area contributed by atoms with E-state index in [1.807, 2.05) is 26.0 Å². The predicted molar refractivity (Wildman–Crippen MR) is 78.8 cm³/mol. The number of hydrogen-bond acceptors (Lipinski definition) is 3. The van der Waals surface area contributed by atoms with Crippen molar-refractivity contribution in [1.82, 2.24) is 10.6 Å². The molecule has 0 atom stereocenters. The maximum absolute atomic E-state index is 11.7. The van der Waals surface area contributed by atoms with Crippen LogP contribution in [0.5, 0.6) is 0 Å². The zero-order valence-corrected chi connectivity index (χ0v) is 12.4. The first-order valence-corrected chi connectivity index (χ1v) is 6.62. The third kappa shape index (κ3) is 6.05. The van der Waals surface area contributed by atoms with Crippen molar-refractivity contribution in [2.75, 3.05) is 25.5 Å². The summed E-state index contributed by atoms with van der Waals surface area (Å²) in [4.78, 5) is 34.2. The topological polar surface area (TPSA) is 104 Å². The molecule has 0 fully saturated rings. The lowest BCUT2D eigenvalue weighted by Gasteiger charge is -2.09. The van der Waals surface area contributed by atoms with Crippen LogP contribution in [0.4, 0.5) is 10.5 Å². The summed E-state index contributed by atoms with van der Waals surface area (Å²) >= 11 is 0. The lowest BCUT2D eigenvalue weighted by Crippen LogP contribution is -2.88. The van der Waals surface area contributed by atoms with E-state index in [4.69, 9.17) is 0 Å². The number of carbonyl (C=O) groups excluding carboxylic acids is 3. The first kappa shape index (κ1) is 16.6. The number of urea groups is 1. The first-order valence-electron chi connectivity index (χ1n) is 6.62. The van der Waals surface area contributed by atoms with Gasteiger partial charge in [-0.25, -0.2) is 4.79 Å². The molecule has 0 aliphatic rings. The molecule has 0 saturated carbocycles. The Bertz CT molecular complexity index is 543. The minimum atomic E-state index is -0.583. The fourth-order valence-corrected chi connectivity index (χ4v) is 1.72. The lowest BCUT2D eigenvalue weighted by atomic mass is 10.1. The normalized spacial score (nSPS) is 9.86. The van der Waals surface area contributed by atoms with Gasteiger partial charge < -0.3 is 16.0 Å². The maximum Gasteiger partial charge on any atom is 0.326 e. The maximum atomic E-state index is 11.7. The number of rotatable bonds is 5. The Kier molecular flexibility index (Phi) is 6.35. The van der Waals surface area contributed by atoms with Crippen molar-refractivity contribution in [2.45, 2.75) is 13.8 Å². The molecule has 114 valence electrons. The summed E-state index contributed by atoms with van der Waals surface area (Å²) in [7, 11) is 1.52. The molecule has 0 saturated heterocycles. The Morgan fingerprint density at radius 2 is 1.76 bits per heavy atom. The van der Waals surface area contributed by atoms with Crippen molar-refractivity contribution in [3.8, 4) is 0 Å². The van der Waals surface area contributed by atoms with Crippen LogP contribution in [0, 0.1) is 13.8 Å². The van der Waals surface area contributed by atoms with Crippen LogP contribution in [-0.4, -0.2) is 38.0 Å². The van der Waals surface area contributed by atoms with E-state index in [9.17, 15) is 14.4 Å². The zero-order chi connectivity index (χ0) is 15.8. The molecule has 7 heteroatoms. The molecule has 0 unspecified atom stereocenters. The standard InChI is InChI=1S/C14H20N4O3/c1-9-4-5-11(10(2)6-9)17-14(21)18-13(20)8-16-7-12(19)15-3/h4-6,16H,7-8H2,1-3H3,(H,15,19)(H2,17,18,20,21)/p+1. The molecule has 5 N–H and O–H groups in total. The van der Waals surface area contributed by atoms with E-state index in [2.05, 4.69) is 16.0 Å². The molecular weight excluding hydrogens is 272 g/mol. The quantitative estimate of drug-likeness (QED) is 0.575. The highest BCUT2D eigenvalue weighted by Gasteiger charge is 2.11. The van der Waals surface area contributed by atoms with Gasteiger partial charge in [-0.05, 0) is 25.5 Å². The van der Waals surface area contributed by atoms with E-state index >= 15 is 0 Å². The van der Waals surface area contributed by atoms with Crippen LogP contribution in [0.3, 0.4) is 0 Å². The van der Waals surface area contributed by atoms with E-state index in [0.717, 1.165) is 11.1 Å². The van der Waals surface area contributed by atoms with Gasteiger partial charge in [-0.3, -0.25) is 14.9 Å². The van der Waals surface area contributed by atoms with Crippen molar-refractivity contribution >= 4 is 23.5 Å². The van der Waals surface area contributed by atoms with Crippen LogP contribution in [0.1, 0.15) is 11.1 Å². The summed E-state index contributed by atoms with van der Waals surface area (Å²) in [5.41, 5.74) is 2.67. The summed E-state index contributed by atoms with van der Waals surface area (Å²) in [5, 5.41) is 8.78. The number of likely N-dealkylation sites (N-methyl/N-ethyl adjacent to an activating group) is 1. The molecule has 7 nitrogen and oxygen atoms in total. The number of imide groups is 1. The number of benzene rings is 1. The van der Waals surface area contributed by atoms with Crippen LogP contribution >= 0.6 is 0 Å². The van der Waals surface area contributed by atoms with Crippen LogP contribution in [0.25, 0.3) is 0 Å². The molecule has 0 radical (unpaired) electrons. The van der Waals surface area contributed by atoms with Crippen LogP contribution in [-0.2, 0) is 9.59 Å². The largest absolute Gasteiger partial charge is 0.354 e. The van der Waals surface area contributed by atoms with Crippen molar-refractivity contribution in [2.24, 2.45) is 0 Å². The molecule has 1 rings (SSSR count). The average molecular weight is 293 g/mol. The fourth-order valence-electron chi connectivity index (χ4n) is 1.72. The second kappa shape index (κ2) is 8.01. The van der Waals surface area contributed by atoms with Gasteiger partial charge in [-0.15, -0.1) is 0 Å². The molecule has 1 aromatic rings. The smallest absolute Gasteiger partial charge is 0.326 e. The molecule has 1 aromatic carbocycles. The minimum Gasteiger partial charge on any atom is -0.354 e. The summed E-state index contributed by atoms with van der Waals surface area (Å²) in [5.74, 6) is -0.635. The van der Waals surface area contributed by atoms with Gasteiger partial charge in [0, 0.05) is 12.7 Å². The van der Waals surface area contributed by atoms with Crippen LogP contribution in [0.2, 0.25) is 0 Å². The molecule has 0 aliphatic carbocycles. The SMILES string of the molecule is CNC(=O)C[NH2+]CC(=O)NC(=O)Nc1ccc(C)cc1C. The average Bonchev–Trinajstić information content (AvgIpc) is 2.41. The number of anilines is 1. The molecule has 21 heavy (non-hydrogen) atoms. The number of carbonyl (C=O) groups is 3. The molecule has 0 spiro atoms. The molecule has 0 heterocycles. The van der Waals surface area contributed by atoms with E-state index in [0.29, 0.717) is 5.69 Å². The predicted octanol–water partition coefficient (Wildman–Crippen LogP) is -0.739. The summed E-state index contributed by atoms with van der Waals surface area (Å²) < 4.78 is 0. The Labute approximate surface area is 123 Å². The molecule has 0 bridgehead atoms. The van der Waals surface area contributed by atoms with Gasteiger partial charge in [0.05, 0.1) is 0 Å². The van der Waals surface area contributed by atoms with E-state index in [1.54, 1.807) is 6.07 Å². The van der Waals surface area contributed by atoms with Gasteiger partial charge in [-0.2, -0.15) is 0 Å². The number of hydrogen-bond donors (Lipinski definition) is 4. The minimum absolute atomic E-state index is 0.00766. The van der Waals surface area contributed by atoms with Gasteiger partial charge in [0.1, 0.15) is 0 Å². The Balaban J connectivity index is 2.39. The zero-order valence-electron chi connectivity index (χ0n) is 12.4.